The Morgan fingerprint density at radius 1 is 1.38 bits per heavy atom. The number of hydrogen-bond acceptors (Lipinski definition) is 5. The number of fused-ring (bicyclic) bond motifs is 2. The van der Waals surface area contributed by atoms with Crippen LogP contribution >= 0.6 is 0 Å². The van der Waals surface area contributed by atoms with Crippen LogP contribution < -0.4 is 10.6 Å². The van der Waals surface area contributed by atoms with Gasteiger partial charge < -0.3 is 20.3 Å². The zero-order valence-electron chi connectivity index (χ0n) is 18.2. The number of carbonyl (C=O) groups is 4. The summed E-state index contributed by atoms with van der Waals surface area (Å²) in [7, 11) is 0. The van der Waals surface area contributed by atoms with Gasteiger partial charge in [-0.3, -0.25) is 14.4 Å². The van der Waals surface area contributed by atoms with Gasteiger partial charge in [-0.1, -0.05) is 19.9 Å². The lowest BCUT2D eigenvalue weighted by Gasteiger charge is -2.30. The summed E-state index contributed by atoms with van der Waals surface area (Å²) in [6, 6.07) is 5.88. The summed E-state index contributed by atoms with van der Waals surface area (Å²) in [5.41, 5.74) is 1.06. The fraction of sp³-hybridized carbons (Fsp3) is 0.522. The van der Waals surface area contributed by atoms with Crippen molar-refractivity contribution in [3.63, 3.8) is 0 Å². The van der Waals surface area contributed by atoms with Crippen molar-refractivity contribution in [3.05, 3.63) is 36.2 Å². The Kier molecular flexibility index (Phi) is 4.79. The normalized spacial score (nSPS) is 28.8. The molecule has 3 amide bonds. The molecule has 1 unspecified atom stereocenters. The molecule has 0 spiro atoms. The minimum Gasteiger partial charge on any atom is -0.356 e. The van der Waals surface area contributed by atoms with Crippen molar-refractivity contribution < 1.29 is 19.2 Å². The molecule has 9 nitrogen and oxygen atoms in total. The SMILES string of the molecule is CC1(C)C2[C@@H](C(=O)N[C@H](C=O)C[C@@H]3CCNC3=O)N(C(=O)c3cc4ccccn4n3)C[C@@H]21. The lowest BCUT2D eigenvalue weighted by molar-refractivity contribution is -0.129. The van der Waals surface area contributed by atoms with Gasteiger partial charge in [-0.15, -0.1) is 0 Å². The quantitative estimate of drug-likeness (QED) is 0.644. The van der Waals surface area contributed by atoms with Crippen molar-refractivity contribution in [3.8, 4) is 0 Å². The Hall–Kier alpha value is -3.23. The Morgan fingerprint density at radius 3 is 2.88 bits per heavy atom. The van der Waals surface area contributed by atoms with E-state index in [4.69, 9.17) is 0 Å². The highest BCUT2D eigenvalue weighted by Gasteiger charge is 2.69. The molecule has 3 aliphatic rings. The Labute approximate surface area is 185 Å². The third-order valence-electron chi connectivity index (χ3n) is 7.52. The van der Waals surface area contributed by atoms with Gasteiger partial charge in [-0.05, 0) is 48.3 Å². The van der Waals surface area contributed by atoms with Crippen LogP contribution in [0.5, 0.6) is 0 Å². The number of piperidine rings is 1. The highest BCUT2D eigenvalue weighted by Crippen LogP contribution is 2.65. The molecule has 0 bridgehead atoms. The maximum absolute atomic E-state index is 13.3. The minimum absolute atomic E-state index is 0.0329. The first-order chi connectivity index (χ1) is 15.3. The maximum Gasteiger partial charge on any atom is 0.275 e. The lowest BCUT2D eigenvalue weighted by atomic mass is 9.97. The molecule has 0 radical (unpaired) electrons. The van der Waals surface area contributed by atoms with Crippen LogP contribution in [0.2, 0.25) is 0 Å². The molecular weight excluding hydrogens is 410 g/mol. The van der Waals surface area contributed by atoms with Crippen molar-refractivity contribution in [2.24, 2.45) is 23.2 Å². The first kappa shape index (κ1) is 20.7. The van der Waals surface area contributed by atoms with Crippen LogP contribution in [0.1, 0.15) is 37.2 Å². The van der Waals surface area contributed by atoms with E-state index in [-0.39, 0.29) is 47.3 Å². The minimum atomic E-state index is -0.760. The smallest absolute Gasteiger partial charge is 0.275 e. The molecule has 4 heterocycles. The second-order valence-electron chi connectivity index (χ2n) is 9.72. The molecular formula is C23H27N5O4. The Balaban J connectivity index is 1.35. The molecule has 2 aromatic heterocycles. The van der Waals surface area contributed by atoms with E-state index < -0.39 is 12.1 Å². The fourth-order valence-electron chi connectivity index (χ4n) is 5.58. The van der Waals surface area contributed by atoms with E-state index in [0.29, 0.717) is 31.5 Å². The highest BCUT2D eigenvalue weighted by atomic mass is 16.2. The Morgan fingerprint density at radius 2 is 2.19 bits per heavy atom. The fourth-order valence-corrected chi connectivity index (χ4v) is 5.58. The second-order valence-corrected chi connectivity index (χ2v) is 9.72. The average molecular weight is 438 g/mol. The molecule has 2 aliphatic heterocycles. The van der Waals surface area contributed by atoms with E-state index in [0.717, 1.165) is 5.52 Å². The monoisotopic (exact) mass is 437 g/mol. The summed E-state index contributed by atoms with van der Waals surface area (Å²) < 4.78 is 1.64. The predicted molar refractivity (Wildman–Crippen MR) is 115 cm³/mol. The number of nitrogens with zero attached hydrogens (tertiary/aromatic N) is 3. The summed E-state index contributed by atoms with van der Waals surface area (Å²) in [5, 5.41) is 9.94. The van der Waals surface area contributed by atoms with Gasteiger partial charge in [0.25, 0.3) is 5.91 Å². The lowest BCUT2D eigenvalue weighted by Crippen LogP contribution is -2.52. The first-order valence-electron chi connectivity index (χ1n) is 11.1. The predicted octanol–water partition coefficient (Wildman–Crippen LogP) is 0.641. The zero-order chi connectivity index (χ0) is 22.6. The molecule has 2 saturated heterocycles. The molecule has 9 heteroatoms. The van der Waals surface area contributed by atoms with Gasteiger partial charge in [0, 0.05) is 25.2 Å². The van der Waals surface area contributed by atoms with Gasteiger partial charge in [0.15, 0.2) is 5.69 Å². The van der Waals surface area contributed by atoms with Crippen molar-refractivity contribution in [2.45, 2.75) is 38.8 Å². The number of aldehydes is 1. The molecule has 1 aliphatic carbocycles. The van der Waals surface area contributed by atoms with E-state index >= 15 is 0 Å². The molecule has 2 aromatic rings. The van der Waals surface area contributed by atoms with Crippen LogP contribution in [0.15, 0.2) is 30.5 Å². The summed E-state index contributed by atoms with van der Waals surface area (Å²) in [6.07, 6.45) is 3.38. The van der Waals surface area contributed by atoms with Gasteiger partial charge in [-0.2, -0.15) is 5.10 Å². The van der Waals surface area contributed by atoms with Crippen molar-refractivity contribution in [1.29, 1.82) is 0 Å². The van der Waals surface area contributed by atoms with E-state index in [1.54, 1.807) is 21.7 Å². The molecule has 5 atom stereocenters. The standard InChI is InChI=1S/C23H27N5O4/c1-23(2)16-11-27(22(32)17-10-15-5-3-4-8-28(15)26-17)19(18(16)23)21(31)25-14(12-29)9-13-6-7-24-20(13)30/h3-5,8,10,12-14,16,18-19H,6-7,9,11H2,1-2H3,(H,24,30)(H,25,31)/t13-,14-,16-,18?,19-/m0/s1. The van der Waals surface area contributed by atoms with Gasteiger partial charge in [0.2, 0.25) is 11.8 Å². The number of pyridine rings is 1. The number of amides is 3. The van der Waals surface area contributed by atoms with Crippen molar-refractivity contribution >= 4 is 29.5 Å². The van der Waals surface area contributed by atoms with Crippen LogP contribution in [0.3, 0.4) is 0 Å². The molecule has 32 heavy (non-hydrogen) atoms. The largest absolute Gasteiger partial charge is 0.356 e. The number of hydrogen-bond donors (Lipinski definition) is 2. The summed E-state index contributed by atoms with van der Waals surface area (Å²) in [4.78, 5) is 51.8. The van der Waals surface area contributed by atoms with Crippen molar-refractivity contribution in [2.75, 3.05) is 13.1 Å². The molecule has 168 valence electrons. The molecule has 2 N–H and O–H groups in total. The molecule has 0 aromatic carbocycles. The van der Waals surface area contributed by atoms with Gasteiger partial charge in [-0.25, -0.2) is 4.52 Å². The Bertz CT molecular complexity index is 1080. The maximum atomic E-state index is 13.3. The third-order valence-corrected chi connectivity index (χ3v) is 7.52. The van der Waals surface area contributed by atoms with Crippen molar-refractivity contribution in [1.82, 2.24) is 25.1 Å². The summed E-state index contributed by atoms with van der Waals surface area (Å²) >= 11 is 0. The number of nitrogens with one attached hydrogen (secondary N) is 2. The number of likely N-dealkylation sites (tertiary alicyclic amines) is 1. The number of carbonyl (C=O) groups excluding carboxylic acids is 4. The van der Waals surface area contributed by atoms with Crippen LogP contribution in [-0.4, -0.2) is 63.7 Å². The van der Waals surface area contributed by atoms with E-state index in [1.807, 2.05) is 18.2 Å². The highest BCUT2D eigenvalue weighted by molar-refractivity contribution is 5.98. The van der Waals surface area contributed by atoms with Crippen LogP contribution in [0.25, 0.3) is 5.52 Å². The van der Waals surface area contributed by atoms with Gasteiger partial charge in [0.05, 0.1) is 11.6 Å². The van der Waals surface area contributed by atoms with Crippen LogP contribution in [-0.2, 0) is 14.4 Å². The first-order valence-corrected chi connectivity index (χ1v) is 11.1. The molecule has 3 fully saturated rings. The van der Waals surface area contributed by atoms with Gasteiger partial charge in [0.1, 0.15) is 12.3 Å². The van der Waals surface area contributed by atoms with E-state index in [1.165, 1.54) is 0 Å². The number of rotatable bonds is 6. The molecule has 5 rings (SSSR count). The zero-order valence-corrected chi connectivity index (χ0v) is 18.2. The third kappa shape index (κ3) is 3.27. The van der Waals surface area contributed by atoms with Crippen LogP contribution in [0.4, 0.5) is 0 Å². The number of aromatic nitrogens is 2. The topological polar surface area (TPSA) is 113 Å². The second kappa shape index (κ2) is 7.43. The summed E-state index contributed by atoms with van der Waals surface area (Å²) in [5.74, 6) is -0.723. The summed E-state index contributed by atoms with van der Waals surface area (Å²) in [6.45, 7) is 5.29. The van der Waals surface area contributed by atoms with Crippen LogP contribution in [0, 0.1) is 23.2 Å². The van der Waals surface area contributed by atoms with Gasteiger partial charge >= 0.3 is 0 Å². The average Bonchev–Trinajstić information content (AvgIpc) is 3.29. The van der Waals surface area contributed by atoms with E-state index in [9.17, 15) is 19.2 Å². The molecule has 1 saturated carbocycles. The van der Waals surface area contributed by atoms with E-state index in [2.05, 4.69) is 29.6 Å².